The second-order valence-electron chi connectivity index (χ2n) is 4.02. The van der Waals surface area contributed by atoms with E-state index in [2.05, 4.69) is 5.32 Å². The van der Waals surface area contributed by atoms with Crippen LogP contribution in [0.4, 0.5) is 5.69 Å². The maximum atomic E-state index is 12.1. The highest BCUT2D eigenvalue weighted by Crippen LogP contribution is 2.18. The number of amides is 1. The standard InChI is InChI=1S/C13H11NO4/c1-7-3-9-11(4-8(7)2)18-6-10(13(9)17)14-12(16)5-15/h3-6H,1-2H3,(H,14,16). The Morgan fingerprint density at radius 1 is 1.28 bits per heavy atom. The summed E-state index contributed by atoms with van der Waals surface area (Å²) in [5.41, 5.74) is 2.01. The summed E-state index contributed by atoms with van der Waals surface area (Å²) in [6, 6.07) is 3.46. The van der Waals surface area contributed by atoms with Gasteiger partial charge >= 0.3 is 0 Å². The number of hydrogen-bond donors (Lipinski definition) is 1. The average Bonchev–Trinajstić information content (AvgIpc) is 2.35. The van der Waals surface area contributed by atoms with Gasteiger partial charge in [-0.1, -0.05) is 0 Å². The Morgan fingerprint density at radius 3 is 2.61 bits per heavy atom. The molecule has 0 unspecified atom stereocenters. The lowest BCUT2D eigenvalue weighted by molar-refractivity contribution is -0.127. The molecule has 1 aromatic carbocycles. The molecular weight excluding hydrogens is 234 g/mol. The number of fused-ring (bicyclic) bond motifs is 1. The molecule has 5 nitrogen and oxygen atoms in total. The minimum atomic E-state index is -0.884. The highest BCUT2D eigenvalue weighted by Gasteiger charge is 2.10. The zero-order valence-electron chi connectivity index (χ0n) is 9.94. The molecule has 0 saturated heterocycles. The van der Waals surface area contributed by atoms with Crippen LogP contribution in [0.15, 0.2) is 27.6 Å². The molecule has 0 radical (unpaired) electrons. The summed E-state index contributed by atoms with van der Waals surface area (Å²) in [5.74, 6) is -0.884. The summed E-state index contributed by atoms with van der Waals surface area (Å²) in [5, 5.41) is 2.55. The molecule has 1 amide bonds. The van der Waals surface area contributed by atoms with Crippen molar-refractivity contribution in [3.63, 3.8) is 0 Å². The van der Waals surface area contributed by atoms with E-state index in [0.717, 1.165) is 17.4 Å². The van der Waals surface area contributed by atoms with Crippen molar-refractivity contribution < 1.29 is 14.0 Å². The molecule has 0 fully saturated rings. The molecule has 1 aromatic heterocycles. The fraction of sp³-hybridized carbons (Fsp3) is 0.154. The first-order chi connectivity index (χ1) is 8.52. The van der Waals surface area contributed by atoms with Gasteiger partial charge < -0.3 is 9.73 Å². The molecular formula is C13H11NO4. The Labute approximate surface area is 102 Å². The summed E-state index contributed by atoms with van der Waals surface area (Å²) in [6.45, 7) is 3.79. The molecule has 1 heterocycles. The topological polar surface area (TPSA) is 76.4 Å². The largest absolute Gasteiger partial charge is 0.462 e. The molecule has 0 aliphatic carbocycles. The van der Waals surface area contributed by atoms with Gasteiger partial charge in [0.15, 0.2) is 0 Å². The van der Waals surface area contributed by atoms with Crippen LogP contribution in [-0.4, -0.2) is 12.2 Å². The fourth-order valence-corrected chi connectivity index (χ4v) is 1.63. The number of hydrogen-bond acceptors (Lipinski definition) is 4. The fourth-order valence-electron chi connectivity index (χ4n) is 1.63. The number of aldehydes is 1. The van der Waals surface area contributed by atoms with Gasteiger partial charge in [0.05, 0.1) is 5.39 Å². The summed E-state index contributed by atoms with van der Waals surface area (Å²) in [7, 11) is 0. The first-order valence-electron chi connectivity index (χ1n) is 5.32. The van der Waals surface area contributed by atoms with Crippen LogP contribution in [0.25, 0.3) is 11.0 Å². The highest BCUT2D eigenvalue weighted by atomic mass is 16.3. The van der Waals surface area contributed by atoms with Gasteiger partial charge in [0, 0.05) is 0 Å². The van der Waals surface area contributed by atoms with Gasteiger partial charge in [-0.15, -0.1) is 0 Å². The Hall–Kier alpha value is -2.43. The zero-order valence-corrected chi connectivity index (χ0v) is 9.94. The predicted molar refractivity (Wildman–Crippen MR) is 66.7 cm³/mol. The van der Waals surface area contributed by atoms with Crippen molar-refractivity contribution in [3.05, 3.63) is 39.7 Å². The van der Waals surface area contributed by atoms with E-state index in [-0.39, 0.29) is 17.4 Å². The third-order valence-corrected chi connectivity index (χ3v) is 2.75. The molecule has 2 rings (SSSR count). The molecule has 0 aliphatic rings. The quantitative estimate of drug-likeness (QED) is 0.643. The third kappa shape index (κ3) is 2.02. The molecule has 0 spiro atoms. The number of nitrogens with one attached hydrogen (secondary N) is 1. The maximum Gasteiger partial charge on any atom is 0.288 e. The van der Waals surface area contributed by atoms with E-state index in [9.17, 15) is 14.4 Å². The van der Waals surface area contributed by atoms with Crippen molar-refractivity contribution in [2.45, 2.75) is 13.8 Å². The minimum Gasteiger partial charge on any atom is -0.462 e. The maximum absolute atomic E-state index is 12.1. The molecule has 0 saturated carbocycles. The first-order valence-corrected chi connectivity index (χ1v) is 5.32. The van der Waals surface area contributed by atoms with E-state index in [4.69, 9.17) is 4.42 Å². The molecule has 0 aliphatic heterocycles. The van der Waals surface area contributed by atoms with Crippen LogP contribution in [0.2, 0.25) is 0 Å². The highest BCUT2D eigenvalue weighted by molar-refractivity contribution is 6.29. The first kappa shape index (κ1) is 12.0. The van der Waals surface area contributed by atoms with Gasteiger partial charge in [0.1, 0.15) is 17.5 Å². The van der Waals surface area contributed by atoms with Crippen LogP contribution in [0.1, 0.15) is 11.1 Å². The normalized spacial score (nSPS) is 10.3. The number of anilines is 1. The van der Waals surface area contributed by atoms with Crippen molar-refractivity contribution in [2.24, 2.45) is 0 Å². The summed E-state index contributed by atoms with van der Waals surface area (Å²) in [6.07, 6.45) is 1.24. The van der Waals surface area contributed by atoms with Gasteiger partial charge in [-0.05, 0) is 37.1 Å². The molecule has 2 aromatic rings. The van der Waals surface area contributed by atoms with E-state index < -0.39 is 5.91 Å². The number of rotatable bonds is 2. The smallest absolute Gasteiger partial charge is 0.288 e. The van der Waals surface area contributed by atoms with Gasteiger partial charge in [0.2, 0.25) is 11.7 Å². The van der Waals surface area contributed by atoms with Crippen molar-refractivity contribution in [3.8, 4) is 0 Å². The Balaban J connectivity index is 2.64. The summed E-state index contributed by atoms with van der Waals surface area (Å²) < 4.78 is 5.27. The van der Waals surface area contributed by atoms with Crippen LogP contribution in [0, 0.1) is 13.8 Å². The van der Waals surface area contributed by atoms with Crippen LogP contribution < -0.4 is 10.7 Å². The molecule has 18 heavy (non-hydrogen) atoms. The van der Waals surface area contributed by atoms with Crippen LogP contribution in [-0.2, 0) is 9.59 Å². The summed E-state index contributed by atoms with van der Waals surface area (Å²) in [4.78, 5) is 33.2. The minimum absolute atomic E-state index is 0.0390. The van der Waals surface area contributed by atoms with E-state index in [1.807, 2.05) is 13.8 Å². The number of aryl methyl sites for hydroxylation is 2. The van der Waals surface area contributed by atoms with Crippen molar-refractivity contribution in [1.29, 1.82) is 0 Å². The number of carbonyl (C=O) groups is 2. The lowest BCUT2D eigenvalue weighted by Crippen LogP contribution is -2.18. The second-order valence-corrected chi connectivity index (χ2v) is 4.02. The van der Waals surface area contributed by atoms with E-state index in [1.54, 1.807) is 12.1 Å². The lowest BCUT2D eigenvalue weighted by Gasteiger charge is -2.05. The third-order valence-electron chi connectivity index (χ3n) is 2.75. The molecule has 5 heteroatoms. The molecule has 92 valence electrons. The van der Waals surface area contributed by atoms with E-state index in [1.165, 1.54) is 0 Å². The van der Waals surface area contributed by atoms with Crippen LogP contribution in [0.5, 0.6) is 0 Å². The number of benzene rings is 1. The van der Waals surface area contributed by atoms with Gasteiger partial charge in [-0.25, -0.2) is 0 Å². The Bertz CT molecular complexity index is 700. The van der Waals surface area contributed by atoms with Crippen LogP contribution >= 0.6 is 0 Å². The predicted octanol–water partition coefficient (Wildman–Crippen LogP) is 1.55. The molecule has 1 N–H and O–H groups in total. The van der Waals surface area contributed by atoms with Crippen molar-refractivity contribution in [2.75, 3.05) is 5.32 Å². The monoisotopic (exact) mass is 245 g/mol. The SMILES string of the molecule is Cc1cc2occ(NC(=O)C=O)c(=O)c2cc1C. The van der Waals surface area contributed by atoms with Gasteiger partial charge in [-0.3, -0.25) is 14.4 Å². The lowest BCUT2D eigenvalue weighted by atomic mass is 10.1. The van der Waals surface area contributed by atoms with Gasteiger partial charge in [0.25, 0.3) is 5.91 Å². The van der Waals surface area contributed by atoms with Crippen molar-refractivity contribution >= 4 is 28.8 Å². The Morgan fingerprint density at radius 2 is 1.94 bits per heavy atom. The average molecular weight is 245 g/mol. The van der Waals surface area contributed by atoms with Crippen molar-refractivity contribution in [1.82, 2.24) is 0 Å². The summed E-state index contributed by atoms with van der Waals surface area (Å²) >= 11 is 0. The van der Waals surface area contributed by atoms with Gasteiger partial charge in [-0.2, -0.15) is 0 Å². The Kier molecular flexibility index (Phi) is 2.97. The van der Waals surface area contributed by atoms with E-state index in [0.29, 0.717) is 11.0 Å². The molecule has 0 bridgehead atoms. The van der Waals surface area contributed by atoms with E-state index >= 15 is 0 Å². The molecule has 0 atom stereocenters. The zero-order chi connectivity index (χ0) is 13.3. The second kappa shape index (κ2) is 4.44. The number of carbonyl (C=O) groups excluding carboxylic acids is 2. The van der Waals surface area contributed by atoms with Crippen LogP contribution in [0.3, 0.4) is 0 Å².